The van der Waals surface area contributed by atoms with Crippen molar-refractivity contribution < 1.29 is 14.3 Å². The van der Waals surface area contributed by atoms with Crippen LogP contribution >= 0.6 is 0 Å². The van der Waals surface area contributed by atoms with Gasteiger partial charge in [0.05, 0.1) is 0 Å². The number of likely N-dealkylation sites (N-methyl/N-ethyl adjacent to an activating group) is 1. The Morgan fingerprint density at radius 2 is 1.56 bits per heavy atom. The molecule has 0 N–H and O–H groups in total. The molecular weight excluding hydrogens is 206 g/mol. The first-order valence-corrected chi connectivity index (χ1v) is 5.61. The van der Waals surface area contributed by atoms with Gasteiger partial charge in [0.2, 0.25) is 5.91 Å². The summed E-state index contributed by atoms with van der Waals surface area (Å²) in [5, 5.41) is 0. The van der Waals surface area contributed by atoms with Crippen LogP contribution in [0.15, 0.2) is 0 Å². The summed E-state index contributed by atoms with van der Waals surface area (Å²) in [6.45, 7) is 12.5. The summed E-state index contributed by atoms with van der Waals surface area (Å²) < 4.78 is 5.14. The predicted molar refractivity (Wildman–Crippen MR) is 65.1 cm³/mol. The van der Waals surface area contributed by atoms with E-state index in [-0.39, 0.29) is 11.9 Å². The second-order valence-corrected chi connectivity index (χ2v) is 4.34. The molecule has 0 saturated heterocycles. The molecule has 0 aliphatic heterocycles. The van der Waals surface area contributed by atoms with E-state index in [2.05, 4.69) is 0 Å². The van der Waals surface area contributed by atoms with Crippen molar-refractivity contribution in [2.45, 2.75) is 60.1 Å². The Morgan fingerprint density at radius 3 is 1.81 bits per heavy atom. The van der Waals surface area contributed by atoms with Gasteiger partial charge in [-0.2, -0.15) is 0 Å². The molecule has 1 amide bonds. The van der Waals surface area contributed by atoms with Gasteiger partial charge < -0.3 is 9.64 Å². The van der Waals surface area contributed by atoms with Gasteiger partial charge >= 0.3 is 5.97 Å². The summed E-state index contributed by atoms with van der Waals surface area (Å²) in [5.74, 6) is -0.529. The maximum absolute atomic E-state index is 11.5. The van der Waals surface area contributed by atoms with Gasteiger partial charge in [-0.25, -0.2) is 4.79 Å². The lowest BCUT2D eigenvalue weighted by atomic mass is 10.2. The molecule has 0 bridgehead atoms. The molecule has 0 spiro atoms. The van der Waals surface area contributed by atoms with Crippen molar-refractivity contribution in [1.29, 1.82) is 0 Å². The molecular formula is C12H25NO3. The van der Waals surface area contributed by atoms with Crippen LogP contribution < -0.4 is 0 Å². The van der Waals surface area contributed by atoms with Crippen molar-refractivity contribution in [3.63, 3.8) is 0 Å². The lowest BCUT2D eigenvalue weighted by Gasteiger charge is -2.26. The molecule has 96 valence electrons. The van der Waals surface area contributed by atoms with E-state index in [1.165, 1.54) is 11.8 Å². The highest BCUT2D eigenvalue weighted by molar-refractivity contribution is 5.82. The summed E-state index contributed by atoms with van der Waals surface area (Å²) in [4.78, 5) is 23.8. The van der Waals surface area contributed by atoms with Gasteiger partial charge in [-0.05, 0) is 27.7 Å². The van der Waals surface area contributed by atoms with E-state index >= 15 is 0 Å². The maximum atomic E-state index is 11.5. The number of amides is 1. The van der Waals surface area contributed by atoms with Crippen LogP contribution in [0.3, 0.4) is 0 Å². The summed E-state index contributed by atoms with van der Waals surface area (Å²) in [6.07, 6.45) is 0. The monoisotopic (exact) mass is 231 g/mol. The number of carbonyl (C=O) groups is 2. The van der Waals surface area contributed by atoms with Crippen molar-refractivity contribution in [1.82, 2.24) is 4.90 Å². The van der Waals surface area contributed by atoms with Crippen molar-refractivity contribution in [3.8, 4) is 0 Å². The molecule has 0 aliphatic carbocycles. The fourth-order valence-electron chi connectivity index (χ4n) is 0.818. The van der Waals surface area contributed by atoms with Crippen LogP contribution in [0.5, 0.6) is 0 Å². The topological polar surface area (TPSA) is 46.6 Å². The van der Waals surface area contributed by atoms with Crippen LogP contribution in [-0.2, 0) is 14.3 Å². The van der Waals surface area contributed by atoms with E-state index in [9.17, 15) is 9.59 Å². The minimum Gasteiger partial charge on any atom is -0.458 e. The SMILES string of the molecule is CC.CC(=O)N(C)[C@@H](C)C(=O)OC(C)(C)C. The van der Waals surface area contributed by atoms with Crippen LogP contribution in [0, 0.1) is 0 Å². The molecule has 0 saturated carbocycles. The van der Waals surface area contributed by atoms with E-state index in [4.69, 9.17) is 4.74 Å². The second kappa shape index (κ2) is 7.25. The quantitative estimate of drug-likeness (QED) is 0.685. The van der Waals surface area contributed by atoms with Crippen molar-refractivity contribution in [2.75, 3.05) is 7.05 Å². The maximum Gasteiger partial charge on any atom is 0.329 e. The highest BCUT2D eigenvalue weighted by Gasteiger charge is 2.25. The number of hydrogen-bond acceptors (Lipinski definition) is 3. The lowest BCUT2D eigenvalue weighted by molar-refractivity contribution is -0.162. The number of ether oxygens (including phenoxy) is 1. The van der Waals surface area contributed by atoms with E-state index in [0.29, 0.717) is 0 Å². The largest absolute Gasteiger partial charge is 0.458 e. The van der Waals surface area contributed by atoms with Gasteiger partial charge in [0, 0.05) is 14.0 Å². The Hall–Kier alpha value is -1.06. The van der Waals surface area contributed by atoms with Gasteiger partial charge in [0.15, 0.2) is 0 Å². The molecule has 0 heterocycles. The van der Waals surface area contributed by atoms with Crippen LogP contribution in [0.4, 0.5) is 0 Å². The zero-order chi connectivity index (χ0) is 13.5. The van der Waals surface area contributed by atoms with Gasteiger partial charge in [0.1, 0.15) is 11.6 Å². The molecule has 1 atom stereocenters. The molecule has 4 nitrogen and oxygen atoms in total. The average Bonchev–Trinajstić information content (AvgIpc) is 2.15. The van der Waals surface area contributed by atoms with E-state index < -0.39 is 11.6 Å². The third kappa shape index (κ3) is 7.26. The highest BCUT2D eigenvalue weighted by Crippen LogP contribution is 2.10. The predicted octanol–water partition coefficient (Wildman–Crippen LogP) is 2.22. The Bertz CT molecular complexity index is 231. The fraction of sp³-hybridized carbons (Fsp3) is 0.833. The molecule has 0 aromatic heterocycles. The summed E-state index contributed by atoms with van der Waals surface area (Å²) >= 11 is 0. The standard InChI is InChI=1S/C10H19NO3.C2H6/c1-7(11(6)8(2)12)9(13)14-10(3,4)5;1-2/h7H,1-6H3;1-2H3/t7-;/m0./s1. The highest BCUT2D eigenvalue weighted by atomic mass is 16.6. The van der Waals surface area contributed by atoms with Crippen LogP contribution in [0.1, 0.15) is 48.5 Å². The third-order valence-electron chi connectivity index (χ3n) is 1.83. The zero-order valence-electron chi connectivity index (χ0n) is 11.7. The Morgan fingerprint density at radius 1 is 1.19 bits per heavy atom. The number of nitrogens with zero attached hydrogens (tertiary/aromatic N) is 1. The van der Waals surface area contributed by atoms with Crippen molar-refractivity contribution in [2.24, 2.45) is 0 Å². The minimum absolute atomic E-state index is 0.150. The fourth-order valence-corrected chi connectivity index (χ4v) is 0.818. The first-order chi connectivity index (χ1) is 7.15. The number of esters is 1. The number of carbonyl (C=O) groups excluding carboxylic acids is 2. The van der Waals surface area contributed by atoms with Gasteiger partial charge in [-0.15, -0.1) is 0 Å². The molecule has 0 aromatic carbocycles. The zero-order valence-corrected chi connectivity index (χ0v) is 11.7. The average molecular weight is 231 g/mol. The molecule has 0 aliphatic rings. The summed E-state index contributed by atoms with van der Waals surface area (Å²) in [5.41, 5.74) is -0.511. The van der Waals surface area contributed by atoms with E-state index in [1.54, 1.807) is 34.7 Å². The van der Waals surface area contributed by atoms with Gasteiger partial charge in [-0.1, -0.05) is 13.8 Å². The van der Waals surface area contributed by atoms with Crippen LogP contribution in [0.2, 0.25) is 0 Å². The molecule has 4 heteroatoms. The normalized spacial score (nSPS) is 12.0. The van der Waals surface area contributed by atoms with E-state index in [1.807, 2.05) is 13.8 Å². The van der Waals surface area contributed by atoms with E-state index in [0.717, 1.165) is 0 Å². The Kier molecular flexibility index (Phi) is 7.86. The van der Waals surface area contributed by atoms with Crippen LogP contribution in [0.25, 0.3) is 0 Å². The first kappa shape index (κ1) is 17.3. The van der Waals surface area contributed by atoms with Gasteiger partial charge in [0.25, 0.3) is 0 Å². The third-order valence-corrected chi connectivity index (χ3v) is 1.83. The van der Waals surface area contributed by atoms with Crippen molar-refractivity contribution >= 4 is 11.9 Å². The second-order valence-electron chi connectivity index (χ2n) is 4.34. The lowest BCUT2D eigenvalue weighted by Crippen LogP contribution is -2.42. The Labute approximate surface area is 99.0 Å². The molecule has 0 fully saturated rings. The van der Waals surface area contributed by atoms with Gasteiger partial charge in [-0.3, -0.25) is 4.79 Å². The van der Waals surface area contributed by atoms with Crippen molar-refractivity contribution in [3.05, 3.63) is 0 Å². The molecule has 16 heavy (non-hydrogen) atoms. The number of hydrogen-bond donors (Lipinski definition) is 0. The summed E-state index contributed by atoms with van der Waals surface area (Å²) in [7, 11) is 1.58. The minimum atomic E-state index is -0.535. The molecule has 0 rings (SSSR count). The van der Waals surface area contributed by atoms with Crippen LogP contribution in [-0.4, -0.2) is 35.5 Å². The Balaban J connectivity index is 0. The first-order valence-electron chi connectivity index (χ1n) is 5.61. The smallest absolute Gasteiger partial charge is 0.329 e. The molecule has 0 radical (unpaired) electrons. The molecule has 0 aromatic rings. The molecule has 0 unspecified atom stereocenters. The summed E-state index contributed by atoms with van der Waals surface area (Å²) in [6, 6.07) is -0.535. The number of rotatable bonds is 2.